The molecule has 0 spiro atoms. The molecule has 3 N–H and O–H groups in total. The number of carbonyl (C=O) groups is 1. The molecule has 1 saturated heterocycles. The number of nitrogens with one attached hydrogen (secondary N) is 3. The minimum atomic E-state index is -3.53. The van der Waals surface area contributed by atoms with E-state index in [9.17, 15) is 13.2 Å². The maximum absolute atomic E-state index is 12.2. The Labute approximate surface area is 150 Å². The van der Waals surface area contributed by atoms with E-state index in [2.05, 4.69) is 15.4 Å². The Balaban J connectivity index is 1.87. The highest BCUT2D eigenvalue weighted by molar-refractivity contribution is 7.89. The van der Waals surface area contributed by atoms with E-state index in [0.29, 0.717) is 18.0 Å². The molecule has 1 aliphatic heterocycles. The van der Waals surface area contributed by atoms with E-state index in [1.165, 1.54) is 25.0 Å². The van der Waals surface area contributed by atoms with Gasteiger partial charge in [0.05, 0.1) is 4.90 Å². The fraction of sp³-hybridized carbons (Fsp3) is 0.611. The van der Waals surface area contributed by atoms with Crippen LogP contribution >= 0.6 is 0 Å². The maximum Gasteiger partial charge on any atom is 0.251 e. The predicted octanol–water partition coefficient (Wildman–Crippen LogP) is 1.88. The summed E-state index contributed by atoms with van der Waals surface area (Å²) in [7, 11) is -3.53. The van der Waals surface area contributed by atoms with Crippen LogP contribution in [0.1, 0.15) is 49.9 Å². The first-order chi connectivity index (χ1) is 11.9. The van der Waals surface area contributed by atoms with Crippen molar-refractivity contribution in [3.05, 3.63) is 29.8 Å². The molecule has 1 aromatic carbocycles. The van der Waals surface area contributed by atoms with Crippen LogP contribution in [0.2, 0.25) is 0 Å². The van der Waals surface area contributed by atoms with E-state index in [1.54, 1.807) is 12.1 Å². The Morgan fingerprint density at radius 3 is 2.64 bits per heavy atom. The van der Waals surface area contributed by atoms with Crippen molar-refractivity contribution in [3.63, 3.8) is 0 Å². The van der Waals surface area contributed by atoms with E-state index < -0.39 is 10.0 Å². The van der Waals surface area contributed by atoms with Crippen molar-refractivity contribution < 1.29 is 13.2 Å². The molecule has 25 heavy (non-hydrogen) atoms. The lowest BCUT2D eigenvalue weighted by atomic mass is 9.96. The summed E-state index contributed by atoms with van der Waals surface area (Å²) < 4.78 is 27.0. The average Bonchev–Trinajstić information content (AvgIpc) is 2.62. The third-order valence-corrected chi connectivity index (χ3v) is 6.24. The summed E-state index contributed by atoms with van der Waals surface area (Å²) in [6, 6.07) is 5.95. The summed E-state index contributed by atoms with van der Waals surface area (Å²) in [6.07, 6.45) is 4.08. The van der Waals surface area contributed by atoms with Gasteiger partial charge in [-0.05, 0) is 75.9 Å². The van der Waals surface area contributed by atoms with E-state index in [4.69, 9.17) is 0 Å². The molecule has 1 heterocycles. The van der Waals surface area contributed by atoms with Crippen molar-refractivity contribution in [3.8, 4) is 0 Å². The topological polar surface area (TPSA) is 87.3 Å². The van der Waals surface area contributed by atoms with Crippen LogP contribution in [0.15, 0.2) is 29.2 Å². The number of piperidine rings is 1. The Morgan fingerprint density at radius 1 is 1.32 bits per heavy atom. The van der Waals surface area contributed by atoms with Gasteiger partial charge < -0.3 is 10.6 Å². The lowest BCUT2D eigenvalue weighted by Crippen LogP contribution is -2.33. The Morgan fingerprint density at radius 2 is 2.04 bits per heavy atom. The summed E-state index contributed by atoms with van der Waals surface area (Å²) in [6.45, 7) is 6.49. The Kier molecular flexibility index (Phi) is 7.40. The molecule has 0 aromatic heterocycles. The lowest BCUT2D eigenvalue weighted by molar-refractivity contribution is 0.0950. The van der Waals surface area contributed by atoms with Crippen molar-refractivity contribution in [1.29, 1.82) is 0 Å². The number of benzene rings is 1. The van der Waals surface area contributed by atoms with E-state index in [0.717, 1.165) is 25.9 Å². The van der Waals surface area contributed by atoms with E-state index in [1.807, 2.05) is 13.8 Å². The third-order valence-electron chi connectivity index (χ3n) is 4.63. The standard InChI is InChI=1S/C18H29N3O3S/c1-3-14(2)21-25(23,24)17-8-6-16(7-9-17)18(22)20-12-10-15-5-4-11-19-13-15/h6-9,14-15,19,21H,3-5,10-13H2,1-2H3,(H,20,22). The summed E-state index contributed by atoms with van der Waals surface area (Å²) in [5.74, 6) is 0.454. The number of carbonyl (C=O) groups excluding carboxylic acids is 1. The van der Waals surface area contributed by atoms with Crippen LogP contribution in [0, 0.1) is 5.92 Å². The van der Waals surface area contributed by atoms with Crippen molar-refractivity contribution in [2.24, 2.45) is 5.92 Å². The van der Waals surface area contributed by atoms with Gasteiger partial charge in [0.1, 0.15) is 0 Å². The SMILES string of the molecule is CCC(C)NS(=O)(=O)c1ccc(C(=O)NCCC2CCCNC2)cc1. The monoisotopic (exact) mass is 367 g/mol. The molecule has 0 radical (unpaired) electrons. The van der Waals surface area contributed by atoms with E-state index >= 15 is 0 Å². The highest BCUT2D eigenvalue weighted by atomic mass is 32.2. The van der Waals surface area contributed by atoms with Gasteiger partial charge in [0.15, 0.2) is 0 Å². The first-order valence-electron chi connectivity index (χ1n) is 9.03. The summed E-state index contributed by atoms with van der Waals surface area (Å²) in [5, 5.41) is 6.28. The van der Waals surface area contributed by atoms with Crippen LogP contribution < -0.4 is 15.4 Å². The number of sulfonamides is 1. The molecule has 2 unspecified atom stereocenters. The smallest absolute Gasteiger partial charge is 0.251 e. The molecular formula is C18H29N3O3S. The van der Waals surface area contributed by atoms with Crippen LogP contribution in [0.4, 0.5) is 0 Å². The minimum absolute atomic E-state index is 0.123. The summed E-state index contributed by atoms with van der Waals surface area (Å²) in [5.41, 5.74) is 0.476. The molecule has 1 aliphatic rings. The van der Waals surface area contributed by atoms with Crippen LogP contribution in [0.5, 0.6) is 0 Å². The van der Waals surface area contributed by atoms with Gasteiger partial charge >= 0.3 is 0 Å². The zero-order valence-electron chi connectivity index (χ0n) is 15.0. The van der Waals surface area contributed by atoms with Gasteiger partial charge in [-0.3, -0.25) is 4.79 Å². The molecule has 7 heteroatoms. The zero-order chi connectivity index (χ0) is 18.3. The lowest BCUT2D eigenvalue weighted by Gasteiger charge is -2.22. The molecule has 1 fully saturated rings. The second kappa shape index (κ2) is 9.31. The molecule has 140 valence electrons. The van der Waals surface area contributed by atoms with Crippen molar-refractivity contribution in [2.75, 3.05) is 19.6 Å². The van der Waals surface area contributed by atoms with Gasteiger partial charge in [-0.1, -0.05) is 6.92 Å². The quantitative estimate of drug-likeness (QED) is 0.655. The average molecular weight is 368 g/mol. The van der Waals surface area contributed by atoms with Gasteiger partial charge in [0.25, 0.3) is 5.91 Å². The number of amides is 1. The second-order valence-electron chi connectivity index (χ2n) is 6.71. The first kappa shape index (κ1) is 19.9. The predicted molar refractivity (Wildman–Crippen MR) is 99.1 cm³/mol. The highest BCUT2D eigenvalue weighted by Crippen LogP contribution is 2.14. The summed E-state index contributed by atoms with van der Waals surface area (Å²) >= 11 is 0. The molecule has 0 aliphatic carbocycles. The van der Waals surface area contributed by atoms with Gasteiger partial charge in [0.2, 0.25) is 10.0 Å². The van der Waals surface area contributed by atoms with Crippen molar-refractivity contribution >= 4 is 15.9 Å². The second-order valence-corrected chi connectivity index (χ2v) is 8.43. The first-order valence-corrected chi connectivity index (χ1v) is 10.5. The van der Waals surface area contributed by atoms with Gasteiger partial charge in [0, 0.05) is 18.2 Å². The number of rotatable bonds is 8. The van der Waals surface area contributed by atoms with E-state index in [-0.39, 0.29) is 16.8 Å². The number of hydrogen-bond acceptors (Lipinski definition) is 4. The van der Waals surface area contributed by atoms with Gasteiger partial charge in [-0.25, -0.2) is 13.1 Å². The van der Waals surface area contributed by atoms with Crippen LogP contribution in [-0.2, 0) is 10.0 Å². The highest BCUT2D eigenvalue weighted by Gasteiger charge is 2.17. The summed E-state index contributed by atoms with van der Waals surface area (Å²) in [4.78, 5) is 12.4. The molecule has 1 amide bonds. The van der Waals surface area contributed by atoms with Crippen molar-refractivity contribution in [1.82, 2.24) is 15.4 Å². The fourth-order valence-corrected chi connectivity index (χ4v) is 4.19. The normalized spacial score (nSPS) is 19.4. The molecule has 0 bridgehead atoms. The minimum Gasteiger partial charge on any atom is -0.352 e. The maximum atomic E-state index is 12.2. The van der Waals surface area contributed by atoms with Crippen molar-refractivity contribution in [2.45, 2.75) is 50.5 Å². The number of hydrogen-bond donors (Lipinski definition) is 3. The molecule has 2 atom stereocenters. The molecule has 0 saturated carbocycles. The zero-order valence-corrected chi connectivity index (χ0v) is 15.9. The third kappa shape index (κ3) is 6.09. The largest absolute Gasteiger partial charge is 0.352 e. The molecule has 1 aromatic rings. The molecule has 6 nitrogen and oxygen atoms in total. The van der Waals surface area contributed by atoms with Gasteiger partial charge in [-0.2, -0.15) is 0 Å². The Bertz CT molecular complexity index is 653. The molecular weight excluding hydrogens is 338 g/mol. The molecule has 2 rings (SSSR count). The Hall–Kier alpha value is -1.44. The van der Waals surface area contributed by atoms with Crippen LogP contribution in [-0.4, -0.2) is 40.0 Å². The van der Waals surface area contributed by atoms with Crippen LogP contribution in [0.3, 0.4) is 0 Å². The van der Waals surface area contributed by atoms with Crippen LogP contribution in [0.25, 0.3) is 0 Å². The fourth-order valence-electron chi connectivity index (χ4n) is 2.86. The van der Waals surface area contributed by atoms with Gasteiger partial charge in [-0.15, -0.1) is 0 Å².